The first-order valence-electron chi connectivity index (χ1n) is 8.24. The van der Waals surface area contributed by atoms with Gasteiger partial charge in [-0.3, -0.25) is 4.79 Å². The zero-order valence-corrected chi connectivity index (χ0v) is 15.2. The second-order valence-corrected chi connectivity index (χ2v) is 6.54. The van der Waals surface area contributed by atoms with E-state index in [-0.39, 0.29) is 41.1 Å². The molecule has 4 nitrogen and oxygen atoms in total. The minimum atomic E-state index is -0.274. The summed E-state index contributed by atoms with van der Waals surface area (Å²) in [6.45, 7) is 9.97. The molecular weight excluding hydrogens is 304 g/mol. The van der Waals surface area contributed by atoms with E-state index in [4.69, 9.17) is 4.74 Å². The van der Waals surface area contributed by atoms with Crippen molar-refractivity contribution in [3.8, 4) is 17.2 Å². The quantitative estimate of drug-likeness (QED) is 0.519. The van der Waals surface area contributed by atoms with Crippen molar-refractivity contribution >= 4 is 5.78 Å². The Morgan fingerprint density at radius 1 is 1.17 bits per heavy atom. The highest BCUT2D eigenvalue weighted by Crippen LogP contribution is 2.34. The number of phenols is 2. The molecule has 24 heavy (non-hydrogen) atoms. The molecule has 1 rings (SSSR count). The Morgan fingerprint density at radius 3 is 2.42 bits per heavy atom. The van der Waals surface area contributed by atoms with E-state index in [1.54, 1.807) is 13.8 Å². The number of ketones is 1. The van der Waals surface area contributed by atoms with Crippen LogP contribution in [0.4, 0.5) is 0 Å². The van der Waals surface area contributed by atoms with E-state index in [9.17, 15) is 15.0 Å². The lowest BCUT2D eigenvalue weighted by atomic mass is 9.99. The molecule has 4 heteroatoms. The number of aromatic hydroxyl groups is 2. The summed E-state index contributed by atoms with van der Waals surface area (Å²) in [5.41, 5.74) is 2.61. The number of hydrogen-bond donors (Lipinski definition) is 2. The minimum Gasteiger partial charge on any atom is -0.508 e. The highest BCUT2D eigenvalue weighted by Gasteiger charge is 2.21. The summed E-state index contributed by atoms with van der Waals surface area (Å²) >= 11 is 0. The number of Topliss-reactive ketones (excluding diaryl/α,β-unsaturated/α-hetero) is 1. The smallest absolute Gasteiger partial charge is 0.172 e. The highest BCUT2D eigenvalue weighted by atomic mass is 16.5. The first-order chi connectivity index (χ1) is 11.2. The molecule has 0 bridgehead atoms. The van der Waals surface area contributed by atoms with Gasteiger partial charge in [0, 0.05) is 18.1 Å². The number of phenolic OH excluding ortho intramolecular Hbond substituents is 2. The summed E-state index contributed by atoms with van der Waals surface area (Å²) in [4.78, 5) is 12.3. The lowest BCUT2D eigenvalue weighted by molar-refractivity contribution is 0.0933. The molecule has 0 heterocycles. The lowest BCUT2D eigenvalue weighted by Gasteiger charge is -2.13. The van der Waals surface area contributed by atoms with Crippen LogP contribution < -0.4 is 4.74 Å². The Labute approximate surface area is 144 Å². The number of rotatable bonds is 8. The van der Waals surface area contributed by atoms with E-state index in [1.807, 2.05) is 13.0 Å². The van der Waals surface area contributed by atoms with E-state index in [1.165, 1.54) is 17.2 Å². The second-order valence-electron chi connectivity index (χ2n) is 6.54. The van der Waals surface area contributed by atoms with Crippen LogP contribution in [0.5, 0.6) is 17.2 Å². The molecule has 1 aromatic rings. The summed E-state index contributed by atoms with van der Waals surface area (Å²) in [5.74, 6) is -0.671. The van der Waals surface area contributed by atoms with Crippen molar-refractivity contribution in [2.24, 2.45) is 5.92 Å². The van der Waals surface area contributed by atoms with E-state index in [0.29, 0.717) is 0 Å². The van der Waals surface area contributed by atoms with Crippen molar-refractivity contribution in [2.45, 2.75) is 47.5 Å². The second kappa shape index (κ2) is 9.16. The van der Waals surface area contributed by atoms with Gasteiger partial charge in [-0.25, -0.2) is 0 Å². The van der Waals surface area contributed by atoms with Crippen LogP contribution >= 0.6 is 0 Å². The third-order valence-electron chi connectivity index (χ3n) is 3.60. The van der Waals surface area contributed by atoms with Crippen molar-refractivity contribution in [3.63, 3.8) is 0 Å². The standard InChI is InChI=1S/C20H28O4/c1-13(2)7-6-8-15(5)9-10-24-18-12-16(21)11-17(22)19(18)20(23)14(3)4/h7,9,11-12,14,21-22H,6,8,10H2,1-5H3/b15-9+. The van der Waals surface area contributed by atoms with Crippen LogP contribution in [0.25, 0.3) is 0 Å². The van der Waals surface area contributed by atoms with Gasteiger partial charge in [-0.05, 0) is 39.7 Å². The fourth-order valence-electron chi connectivity index (χ4n) is 2.20. The van der Waals surface area contributed by atoms with Gasteiger partial charge < -0.3 is 14.9 Å². The number of allylic oxidation sites excluding steroid dienone is 3. The topological polar surface area (TPSA) is 66.8 Å². The Kier molecular flexibility index (Phi) is 7.56. The average molecular weight is 332 g/mol. The Bertz CT molecular complexity index is 635. The number of benzene rings is 1. The molecule has 0 aliphatic carbocycles. The molecule has 2 N–H and O–H groups in total. The molecule has 0 aliphatic rings. The molecule has 0 amide bonds. The van der Waals surface area contributed by atoms with E-state index in [0.717, 1.165) is 18.9 Å². The van der Waals surface area contributed by atoms with Gasteiger partial charge in [0.2, 0.25) is 0 Å². The molecule has 0 aromatic heterocycles. The predicted molar refractivity (Wildman–Crippen MR) is 96.9 cm³/mol. The fourth-order valence-corrected chi connectivity index (χ4v) is 2.20. The average Bonchev–Trinajstić information content (AvgIpc) is 2.45. The largest absolute Gasteiger partial charge is 0.508 e. The van der Waals surface area contributed by atoms with E-state index >= 15 is 0 Å². The molecule has 0 aliphatic heterocycles. The number of ether oxygens (including phenoxy) is 1. The van der Waals surface area contributed by atoms with Crippen molar-refractivity contribution in [3.05, 3.63) is 41.0 Å². The monoisotopic (exact) mass is 332 g/mol. The highest BCUT2D eigenvalue weighted by molar-refractivity contribution is 6.02. The molecule has 0 saturated heterocycles. The molecule has 0 spiro atoms. The van der Waals surface area contributed by atoms with Crippen LogP contribution in [-0.2, 0) is 0 Å². The summed E-state index contributed by atoms with van der Waals surface area (Å²) in [7, 11) is 0. The Morgan fingerprint density at radius 2 is 1.83 bits per heavy atom. The van der Waals surface area contributed by atoms with Crippen molar-refractivity contribution in [2.75, 3.05) is 6.61 Å². The summed E-state index contributed by atoms with van der Waals surface area (Å²) in [6.07, 6.45) is 6.06. The molecule has 0 saturated carbocycles. The van der Waals surface area contributed by atoms with E-state index < -0.39 is 0 Å². The van der Waals surface area contributed by atoms with Crippen LogP contribution in [0.1, 0.15) is 57.8 Å². The van der Waals surface area contributed by atoms with Gasteiger partial charge in [0.25, 0.3) is 0 Å². The predicted octanol–water partition coefficient (Wildman–Crippen LogP) is 5.01. The van der Waals surface area contributed by atoms with Gasteiger partial charge in [0.05, 0.1) is 0 Å². The maximum absolute atomic E-state index is 12.3. The van der Waals surface area contributed by atoms with E-state index in [2.05, 4.69) is 19.9 Å². The molecule has 132 valence electrons. The van der Waals surface area contributed by atoms with Crippen LogP contribution in [0.15, 0.2) is 35.4 Å². The SMILES string of the molecule is CC(C)=CCC/C(C)=C/COc1cc(O)cc(O)c1C(=O)C(C)C. The van der Waals surface area contributed by atoms with Gasteiger partial charge in [-0.15, -0.1) is 0 Å². The maximum Gasteiger partial charge on any atom is 0.172 e. The molecular formula is C20H28O4. The normalized spacial score (nSPS) is 11.5. The fraction of sp³-hybridized carbons (Fsp3) is 0.450. The number of carbonyl (C=O) groups excluding carboxylic acids is 1. The van der Waals surface area contributed by atoms with Gasteiger partial charge in [-0.1, -0.05) is 31.1 Å². The lowest BCUT2D eigenvalue weighted by Crippen LogP contribution is -2.10. The zero-order valence-electron chi connectivity index (χ0n) is 15.2. The van der Waals surface area contributed by atoms with Gasteiger partial charge in [0.1, 0.15) is 29.4 Å². The van der Waals surface area contributed by atoms with Crippen LogP contribution in [-0.4, -0.2) is 22.6 Å². The van der Waals surface area contributed by atoms with Crippen molar-refractivity contribution < 1.29 is 19.7 Å². The van der Waals surface area contributed by atoms with Crippen molar-refractivity contribution in [1.29, 1.82) is 0 Å². The molecule has 0 atom stereocenters. The number of carbonyl (C=O) groups is 1. The van der Waals surface area contributed by atoms with Gasteiger partial charge in [-0.2, -0.15) is 0 Å². The first kappa shape index (κ1) is 19.8. The number of hydrogen-bond acceptors (Lipinski definition) is 4. The van der Waals surface area contributed by atoms with Crippen LogP contribution in [0.3, 0.4) is 0 Å². The summed E-state index contributed by atoms with van der Waals surface area (Å²) < 4.78 is 5.64. The Hall–Kier alpha value is -2.23. The zero-order chi connectivity index (χ0) is 18.3. The minimum absolute atomic E-state index is 0.124. The maximum atomic E-state index is 12.3. The van der Waals surface area contributed by atoms with Gasteiger partial charge in [0.15, 0.2) is 5.78 Å². The summed E-state index contributed by atoms with van der Waals surface area (Å²) in [5, 5.41) is 19.6. The molecule has 0 unspecified atom stereocenters. The molecule has 0 radical (unpaired) electrons. The molecule has 1 aromatic carbocycles. The Balaban J connectivity index is 2.84. The van der Waals surface area contributed by atoms with Crippen molar-refractivity contribution in [1.82, 2.24) is 0 Å². The first-order valence-corrected chi connectivity index (χ1v) is 8.24. The van der Waals surface area contributed by atoms with Crippen LogP contribution in [0.2, 0.25) is 0 Å². The van der Waals surface area contributed by atoms with Crippen LogP contribution in [0, 0.1) is 5.92 Å². The third-order valence-corrected chi connectivity index (χ3v) is 3.60. The molecule has 0 fully saturated rings. The summed E-state index contributed by atoms with van der Waals surface area (Å²) in [6, 6.07) is 2.52. The van der Waals surface area contributed by atoms with Gasteiger partial charge >= 0.3 is 0 Å². The third kappa shape index (κ3) is 6.11.